The van der Waals surface area contributed by atoms with Crippen molar-refractivity contribution in [3.63, 3.8) is 0 Å². The predicted octanol–water partition coefficient (Wildman–Crippen LogP) is 3.61. The lowest BCUT2D eigenvalue weighted by Crippen LogP contribution is -2.55. The van der Waals surface area contributed by atoms with Crippen molar-refractivity contribution >= 4 is 5.69 Å². The third-order valence-corrected chi connectivity index (χ3v) is 4.23. The van der Waals surface area contributed by atoms with Gasteiger partial charge in [-0.3, -0.25) is 0 Å². The zero-order valence-electron chi connectivity index (χ0n) is 12.7. The van der Waals surface area contributed by atoms with Crippen LogP contribution in [0.3, 0.4) is 0 Å². The fourth-order valence-electron chi connectivity index (χ4n) is 2.80. The lowest BCUT2D eigenvalue weighted by molar-refractivity contribution is 0.397. The molecule has 1 aliphatic heterocycles. The largest absolute Gasteiger partial charge is 0.366 e. The molecule has 0 aromatic heterocycles. The van der Waals surface area contributed by atoms with E-state index in [1.54, 1.807) is 0 Å². The van der Waals surface area contributed by atoms with Crippen LogP contribution in [0.1, 0.15) is 45.6 Å². The van der Waals surface area contributed by atoms with Crippen LogP contribution >= 0.6 is 0 Å². The van der Waals surface area contributed by atoms with E-state index in [9.17, 15) is 0 Å². The van der Waals surface area contributed by atoms with Gasteiger partial charge in [-0.15, -0.1) is 0 Å². The minimum Gasteiger partial charge on any atom is -0.366 e. The van der Waals surface area contributed by atoms with Gasteiger partial charge in [0.2, 0.25) is 0 Å². The van der Waals surface area contributed by atoms with Crippen LogP contribution in [0.15, 0.2) is 24.3 Å². The average molecular weight is 260 g/mol. The Morgan fingerprint density at radius 3 is 2.58 bits per heavy atom. The first kappa shape index (κ1) is 14.4. The fraction of sp³-hybridized carbons (Fsp3) is 0.647. The molecule has 1 N–H and O–H groups in total. The van der Waals surface area contributed by atoms with Gasteiger partial charge in [0.1, 0.15) is 0 Å². The second-order valence-corrected chi connectivity index (χ2v) is 5.78. The molecule has 1 fully saturated rings. The molecule has 1 aromatic carbocycles. The molecule has 0 bridgehead atoms. The van der Waals surface area contributed by atoms with Gasteiger partial charge < -0.3 is 10.2 Å². The first-order valence-corrected chi connectivity index (χ1v) is 7.83. The summed E-state index contributed by atoms with van der Waals surface area (Å²) < 4.78 is 0. The molecule has 2 heteroatoms. The van der Waals surface area contributed by atoms with Gasteiger partial charge in [-0.1, -0.05) is 32.4 Å². The zero-order chi connectivity index (χ0) is 13.7. The Bertz CT molecular complexity index is 371. The number of nitrogens with zero attached hydrogens (tertiary/aromatic N) is 1. The lowest BCUT2D eigenvalue weighted by Gasteiger charge is -2.40. The maximum absolute atomic E-state index is 3.62. The van der Waals surface area contributed by atoms with Gasteiger partial charge in [-0.25, -0.2) is 0 Å². The first-order chi connectivity index (χ1) is 9.24. The minimum atomic E-state index is 0.587. The molecule has 2 rings (SSSR count). The monoisotopic (exact) mass is 260 g/mol. The van der Waals surface area contributed by atoms with Crippen molar-refractivity contribution in [3.05, 3.63) is 29.8 Å². The van der Waals surface area contributed by atoms with Crippen molar-refractivity contribution in [3.8, 4) is 0 Å². The van der Waals surface area contributed by atoms with Crippen molar-refractivity contribution in [2.75, 3.05) is 18.0 Å². The molecule has 0 amide bonds. The number of unbranched alkanes of at least 4 members (excludes halogenated alkanes) is 1. The smallest absolute Gasteiger partial charge is 0.0387 e. The molecule has 1 saturated heterocycles. The third kappa shape index (κ3) is 3.73. The van der Waals surface area contributed by atoms with Crippen molar-refractivity contribution in [2.45, 2.75) is 58.5 Å². The highest BCUT2D eigenvalue weighted by atomic mass is 15.2. The summed E-state index contributed by atoms with van der Waals surface area (Å²) in [5.41, 5.74) is 2.85. The van der Waals surface area contributed by atoms with Crippen molar-refractivity contribution in [2.24, 2.45) is 0 Å². The highest BCUT2D eigenvalue weighted by molar-refractivity contribution is 5.49. The Labute approximate surface area is 118 Å². The number of nitrogens with one attached hydrogen (secondary N) is 1. The van der Waals surface area contributed by atoms with Crippen molar-refractivity contribution < 1.29 is 0 Å². The molecular formula is C17H28N2. The quantitative estimate of drug-likeness (QED) is 0.870. The summed E-state index contributed by atoms with van der Waals surface area (Å²) in [6.45, 7) is 9.05. The number of hydrogen-bond donors (Lipinski definition) is 1. The highest BCUT2D eigenvalue weighted by Crippen LogP contribution is 2.21. The zero-order valence-corrected chi connectivity index (χ0v) is 12.7. The second kappa shape index (κ2) is 6.95. The lowest BCUT2D eigenvalue weighted by atomic mass is 10.0. The van der Waals surface area contributed by atoms with E-state index in [-0.39, 0.29) is 0 Å². The number of benzene rings is 1. The van der Waals surface area contributed by atoms with Crippen LogP contribution in [0.5, 0.6) is 0 Å². The van der Waals surface area contributed by atoms with Crippen LogP contribution in [0.25, 0.3) is 0 Å². The minimum absolute atomic E-state index is 0.587. The molecule has 1 aromatic rings. The molecule has 2 atom stereocenters. The number of hydrogen-bond acceptors (Lipinski definition) is 2. The Hall–Kier alpha value is -1.02. The van der Waals surface area contributed by atoms with Gasteiger partial charge in [-0.2, -0.15) is 0 Å². The Kier molecular flexibility index (Phi) is 5.26. The van der Waals surface area contributed by atoms with Crippen LogP contribution in [0.2, 0.25) is 0 Å². The summed E-state index contributed by atoms with van der Waals surface area (Å²) in [5, 5.41) is 3.62. The van der Waals surface area contributed by atoms with Gasteiger partial charge in [0, 0.05) is 30.9 Å². The van der Waals surface area contributed by atoms with Gasteiger partial charge in [0.15, 0.2) is 0 Å². The van der Waals surface area contributed by atoms with Gasteiger partial charge in [-0.05, 0) is 43.9 Å². The summed E-state index contributed by atoms with van der Waals surface area (Å²) in [5.74, 6) is 0. The molecule has 0 spiro atoms. The number of piperazine rings is 1. The van der Waals surface area contributed by atoms with Crippen molar-refractivity contribution in [1.29, 1.82) is 0 Å². The maximum Gasteiger partial charge on any atom is 0.0387 e. The van der Waals surface area contributed by atoms with Crippen LogP contribution in [-0.4, -0.2) is 25.2 Å². The van der Waals surface area contributed by atoms with Crippen LogP contribution in [0.4, 0.5) is 5.69 Å². The van der Waals surface area contributed by atoms with E-state index in [0.29, 0.717) is 12.1 Å². The Morgan fingerprint density at radius 2 is 1.95 bits per heavy atom. The Morgan fingerprint density at radius 1 is 1.21 bits per heavy atom. The van der Waals surface area contributed by atoms with E-state index in [1.807, 2.05) is 0 Å². The molecule has 1 aliphatic rings. The predicted molar refractivity (Wildman–Crippen MR) is 83.9 cm³/mol. The molecule has 0 radical (unpaired) electrons. The van der Waals surface area contributed by atoms with Crippen LogP contribution in [-0.2, 0) is 6.42 Å². The van der Waals surface area contributed by atoms with Crippen LogP contribution in [0, 0.1) is 0 Å². The van der Waals surface area contributed by atoms with E-state index >= 15 is 0 Å². The number of rotatable bonds is 5. The Balaban J connectivity index is 2.03. The summed E-state index contributed by atoms with van der Waals surface area (Å²) in [4.78, 5) is 2.55. The van der Waals surface area contributed by atoms with E-state index < -0.39 is 0 Å². The maximum atomic E-state index is 3.62. The SMILES string of the molecule is CCCCc1ccc(N2CC(CC)NCC2C)cc1. The summed E-state index contributed by atoms with van der Waals surface area (Å²) in [6, 6.07) is 10.4. The van der Waals surface area contributed by atoms with E-state index in [4.69, 9.17) is 0 Å². The average Bonchev–Trinajstić information content (AvgIpc) is 2.46. The van der Waals surface area contributed by atoms with E-state index in [1.165, 1.54) is 36.9 Å². The van der Waals surface area contributed by atoms with E-state index in [0.717, 1.165) is 13.1 Å². The number of anilines is 1. The van der Waals surface area contributed by atoms with E-state index in [2.05, 4.69) is 55.3 Å². The van der Waals surface area contributed by atoms with Gasteiger partial charge in [0.25, 0.3) is 0 Å². The van der Waals surface area contributed by atoms with Gasteiger partial charge in [0.05, 0.1) is 0 Å². The molecule has 19 heavy (non-hydrogen) atoms. The molecule has 2 unspecified atom stereocenters. The molecular weight excluding hydrogens is 232 g/mol. The van der Waals surface area contributed by atoms with Crippen molar-refractivity contribution in [1.82, 2.24) is 5.32 Å². The summed E-state index contributed by atoms with van der Waals surface area (Å²) >= 11 is 0. The molecule has 0 aliphatic carbocycles. The highest BCUT2D eigenvalue weighted by Gasteiger charge is 2.23. The normalized spacial score (nSPS) is 23.6. The third-order valence-electron chi connectivity index (χ3n) is 4.23. The molecule has 0 saturated carbocycles. The molecule has 1 heterocycles. The second-order valence-electron chi connectivity index (χ2n) is 5.78. The first-order valence-electron chi connectivity index (χ1n) is 7.83. The van der Waals surface area contributed by atoms with Gasteiger partial charge >= 0.3 is 0 Å². The fourth-order valence-corrected chi connectivity index (χ4v) is 2.80. The van der Waals surface area contributed by atoms with Crippen LogP contribution < -0.4 is 10.2 Å². The standard InChI is InChI=1S/C17H28N2/c1-4-6-7-15-8-10-17(11-9-15)19-13-16(5-2)18-12-14(19)3/h8-11,14,16,18H,4-7,12-13H2,1-3H3. The molecule has 106 valence electrons. The summed E-state index contributed by atoms with van der Waals surface area (Å²) in [6.07, 6.45) is 4.99. The summed E-state index contributed by atoms with van der Waals surface area (Å²) in [7, 11) is 0. The number of aryl methyl sites for hydroxylation is 1. The topological polar surface area (TPSA) is 15.3 Å². The molecule has 2 nitrogen and oxygen atoms in total.